The van der Waals surface area contributed by atoms with Crippen molar-refractivity contribution in [3.8, 4) is 0 Å². The fourth-order valence-corrected chi connectivity index (χ4v) is 1.27. The Kier molecular flexibility index (Phi) is 5.06. The standard InChI is InChI=1S/C11H16N4O3/c1-14(2)8-7-12-11(16)13-9-3-5-10(6-4-9)15(17)18/h3-6H,7-8H2,1-2H3,(H2,12,13,16)/p+1. The highest BCUT2D eigenvalue weighted by atomic mass is 16.6. The molecular formula is C11H17N4O3+. The molecule has 0 aliphatic carbocycles. The Morgan fingerprint density at radius 2 is 1.94 bits per heavy atom. The second-order valence-corrected chi connectivity index (χ2v) is 4.14. The molecule has 0 bridgehead atoms. The van der Waals surface area contributed by atoms with Crippen LogP contribution in [0.3, 0.4) is 0 Å². The zero-order valence-electron chi connectivity index (χ0n) is 10.4. The van der Waals surface area contributed by atoms with Crippen LogP contribution in [0.25, 0.3) is 0 Å². The third-order valence-corrected chi connectivity index (χ3v) is 2.25. The van der Waals surface area contributed by atoms with Crippen LogP contribution in [0.1, 0.15) is 0 Å². The molecule has 1 aromatic rings. The molecule has 18 heavy (non-hydrogen) atoms. The van der Waals surface area contributed by atoms with Gasteiger partial charge in [-0.15, -0.1) is 0 Å². The van der Waals surface area contributed by atoms with E-state index in [1.54, 1.807) is 0 Å². The van der Waals surface area contributed by atoms with Crippen LogP contribution >= 0.6 is 0 Å². The maximum absolute atomic E-state index is 11.4. The van der Waals surface area contributed by atoms with E-state index in [4.69, 9.17) is 0 Å². The van der Waals surface area contributed by atoms with Crippen LogP contribution in [-0.4, -0.2) is 38.1 Å². The first kappa shape index (κ1) is 13.9. The van der Waals surface area contributed by atoms with Crippen molar-refractivity contribution in [2.24, 2.45) is 0 Å². The van der Waals surface area contributed by atoms with Gasteiger partial charge in [0, 0.05) is 17.8 Å². The summed E-state index contributed by atoms with van der Waals surface area (Å²) in [6, 6.07) is 5.37. The smallest absolute Gasteiger partial charge is 0.319 e. The van der Waals surface area contributed by atoms with Crippen LogP contribution in [0.5, 0.6) is 0 Å². The Morgan fingerprint density at radius 3 is 2.44 bits per heavy atom. The summed E-state index contributed by atoms with van der Waals surface area (Å²) in [5, 5.41) is 15.7. The predicted molar refractivity (Wildman–Crippen MR) is 67.8 cm³/mol. The normalized spacial score (nSPS) is 10.2. The molecule has 98 valence electrons. The van der Waals surface area contributed by atoms with Gasteiger partial charge in [0.25, 0.3) is 5.69 Å². The first-order valence-corrected chi connectivity index (χ1v) is 5.57. The quantitative estimate of drug-likeness (QED) is 0.504. The molecule has 0 spiro atoms. The van der Waals surface area contributed by atoms with E-state index in [2.05, 4.69) is 10.6 Å². The number of carbonyl (C=O) groups is 1. The van der Waals surface area contributed by atoms with Gasteiger partial charge in [-0.3, -0.25) is 10.1 Å². The molecule has 0 aromatic heterocycles. The summed E-state index contributed by atoms with van der Waals surface area (Å²) in [5.74, 6) is 0. The Bertz CT molecular complexity index is 417. The maximum Gasteiger partial charge on any atom is 0.319 e. The number of carbonyl (C=O) groups excluding carboxylic acids is 1. The van der Waals surface area contributed by atoms with Crippen molar-refractivity contribution in [1.82, 2.24) is 5.32 Å². The molecule has 3 N–H and O–H groups in total. The highest BCUT2D eigenvalue weighted by Gasteiger charge is 2.06. The van der Waals surface area contributed by atoms with Gasteiger partial charge in [0.05, 0.1) is 32.1 Å². The molecule has 0 aliphatic rings. The second-order valence-electron chi connectivity index (χ2n) is 4.14. The molecule has 0 aliphatic heterocycles. The van der Waals surface area contributed by atoms with E-state index in [-0.39, 0.29) is 11.7 Å². The average Bonchev–Trinajstić information content (AvgIpc) is 2.29. The molecule has 1 aromatic carbocycles. The fourth-order valence-electron chi connectivity index (χ4n) is 1.27. The highest BCUT2D eigenvalue weighted by molar-refractivity contribution is 5.89. The minimum Gasteiger partial charge on any atom is -0.338 e. The lowest BCUT2D eigenvalue weighted by atomic mass is 10.3. The summed E-state index contributed by atoms with van der Waals surface area (Å²) in [6.07, 6.45) is 0. The van der Waals surface area contributed by atoms with Gasteiger partial charge in [-0.1, -0.05) is 0 Å². The van der Waals surface area contributed by atoms with E-state index >= 15 is 0 Å². The van der Waals surface area contributed by atoms with Gasteiger partial charge in [-0.05, 0) is 12.1 Å². The molecule has 1 rings (SSSR count). The van der Waals surface area contributed by atoms with Crippen LogP contribution < -0.4 is 15.5 Å². The number of likely N-dealkylation sites (N-methyl/N-ethyl adjacent to an activating group) is 1. The van der Waals surface area contributed by atoms with Gasteiger partial charge in [0.15, 0.2) is 0 Å². The van der Waals surface area contributed by atoms with Crippen molar-refractivity contribution in [2.75, 3.05) is 32.5 Å². The molecule has 0 heterocycles. The predicted octanol–water partition coefficient (Wildman–Crippen LogP) is -0.139. The monoisotopic (exact) mass is 253 g/mol. The largest absolute Gasteiger partial charge is 0.338 e. The van der Waals surface area contributed by atoms with E-state index < -0.39 is 4.92 Å². The van der Waals surface area contributed by atoms with Gasteiger partial charge in [0.2, 0.25) is 0 Å². The number of quaternary nitrogens is 1. The third kappa shape index (κ3) is 4.79. The van der Waals surface area contributed by atoms with Crippen LogP contribution in [0, 0.1) is 10.1 Å². The second kappa shape index (κ2) is 6.55. The zero-order chi connectivity index (χ0) is 13.5. The summed E-state index contributed by atoms with van der Waals surface area (Å²) in [7, 11) is 3.99. The number of rotatable bonds is 5. The van der Waals surface area contributed by atoms with Crippen molar-refractivity contribution in [3.63, 3.8) is 0 Å². The number of nitro benzene ring substituents is 1. The minimum atomic E-state index is -0.482. The highest BCUT2D eigenvalue weighted by Crippen LogP contribution is 2.14. The molecule has 7 heteroatoms. The van der Waals surface area contributed by atoms with Gasteiger partial charge in [0.1, 0.15) is 0 Å². The number of anilines is 1. The number of benzene rings is 1. The molecule has 0 radical (unpaired) electrons. The van der Waals surface area contributed by atoms with Gasteiger partial charge in [-0.2, -0.15) is 0 Å². The van der Waals surface area contributed by atoms with E-state index in [1.165, 1.54) is 29.2 Å². The lowest BCUT2D eigenvalue weighted by Gasteiger charge is -2.09. The van der Waals surface area contributed by atoms with Gasteiger partial charge in [-0.25, -0.2) is 4.79 Å². The topological polar surface area (TPSA) is 88.7 Å². The van der Waals surface area contributed by atoms with E-state index in [9.17, 15) is 14.9 Å². The summed E-state index contributed by atoms with van der Waals surface area (Å²) in [6.45, 7) is 1.40. The minimum absolute atomic E-state index is 0.00262. The number of nitrogens with one attached hydrogen (secondary N) is 3. The zero-order valence-corrected chi connectivity index (χ0v) is 10.4. The molecule has 0 unspecified atom stereocenters. The van der Waals surface area contributed by atoms with Crippen molar-refractivity contribution >= 4 is 17.4 Å². The fraction of sp³-hybridized carbons (Fsp3) is 0.364. The van der Waals surface area contributed by atoms with E-state index in [1.807, 2.05) is 14.1 Å². The number of urea groups is 1. The van der Waals surface area contributed by atoms with Gasteiger partial charge >= 0.3 is 6.03 Å². The lowest BCUT2D eigenvalue weighted by molar-refractivity contribution is -0.856. The molecule has 7 nitrogen and oxygen atoms in total. The Balaban J connectivity index is 2.42. The molecule has 0 fully saturated rings. The number of nitrogens with zero attached hydrogens (tertiary/aromatic N) is 1. The number of hydrogen-bond donors (Lipinski definition) is 3. The Labute approximate surface area is 105 Å². The molecule has 2 amide bonds. The molecule has 0 saturated heterocycles. The Hall–Kier alpha value is -2.15. The maximum atomic E-state index is 11.4. The SMILES string of the molecule is C[NH+](C)CCNC(=O)Nc1ccc([N+](=O)[O-])cc1. The lowest BCUT2D eigenvalue weighted by Crippen LogP contribution is -3.06. The molecule has 0 atom stereocenters. The van der Waals surface area contributed by atoms with Crippen molar-refractivity contribution in [3.05, 3.63) is 34.4 Å². The first-order chi connectivity index (χ1) is 8.49. The van der Waals surface area contributed by atoms with Crippen molar-refractivity contribution in [2.45, 2.75) is 0 Å². The Morgan fingerprint density at radius 1 is 1.33 bits per heavy atom. The summed E-state index contributed by atoms with van der Waals surface area (Å²) in [4.78, 5) is 22.6. The summed E-state index contributed by atoms with van der Waals surface area (Å²) in [5.41, 5.74) is 0.521. The van der Waals surface area contributed by atoms with Crippen LogP contribution in [0.15, 0.2) is 24.3 Å². The number of non-ortho nitro benzene ring substituents is 1. The summed E-state index contributed by atoms with van der Waals surface area (Å²) < 4.78 is 0. The number of amides is 2. The summed E-state index contributed by atoms with van der Waals surface area (Å²) >= 11 is 0. The van der Waals surface area contributed by atoms with E-state index in [0.29, 0.717) is 12.2 Å². The number of nitro groups is 1. The van der Waals surface area contributed by atoms with E-state index in [0.717, 1.165) is 6.54 Å². The number of hydrogen-bond acceptors (Lipinski definition) is 3. The first-order valence-electron chi connectivity index (χ1n) is 5.57. The average molecular weight is 253 g/mol. The van der Waals surface area contributed by atoms with Crippen molar-refractivity contribution in [1.29, 1.82) is 0 Å². The van der Waals surface area contributed by atoms with Gasteiger partial charge < -0.3 is 15.5 Å². The van der Waals surface area contributed by atoms with Crippen LogP contribution in [-0.2, 0) is 0 Å². The third-order valence-electron chi connectivity index (χ3n) is 2.25. The van der Waals surface area contributed by atoms with Crippen molar-refractivity contribution < 1.29 is 14.6 Å². The molecular weight excluding hydrogens is 236 g/mol. The van der Waals surface area contributed by atoms with Crippen LogP contribution in [0.4, 0.5) is 16.2 Å². The molecule has 0 saturated carbocycles. The van der Waals surface area contributed by atoms with Crippen LogP contribution in [0.2, 0.25) is 0 Å².